The largest absolute Gasteiger partial charge is 0.384 e. The van der Waals surface area contributed by atoms with Gasteiger partial charge in [-0.2, -0.15) is 0 Å². The minimum Gasteiger partial charge on any atom is -0.384 e. The van der Waals surface area contributed by atoms with Crippen molar-refractivity contribution in [2.24, 2.45) is 0 Å². The maximum atomic E-state index is 12.6. The molecule has 0 bridgehead atoms. The summed E-state index contributed by atoms with van der Waals surface area (Å²) in [5, 5.41) is 0. The number of hydrogen-bond acceptors (Lipinski definition) is 4. The fraction of sp³-hybridized carbons (Fsp3) is 0.600. The monoisotopic (exact) mass is 276 g/mol. The van der Waals surface area contributed by atoms with Gasteiger partial charge in [-0.3, -0.25) is 9.69 Å². The molecule has 1 aromatic rings. The Hall–Kier alpha value is -1.62. The predicted octanol–water partition coefficient (Wildman–Crippen LogP) is 1.39. The Kier molecular flexibility index (Phi) is 3.99. The van der Waals surface area contributed by atoms with Gasteiger partial charge >= 0.3 is 0 Å². The zero-order chi connectivity index (χ0) is 14.9. The molecule has 0 aromatic carbocycles. The average Bonchev–Trinajstić information content (AvgIpc) is 2.40. The lowest BCUT2D eigenvalue weighted by Crippen LogP contribution is -2.58. The van der Waals surface area contributed by atoms with E-state index in [0.29, 0.717) is 11.4 Å². The van der Waals surface area contributed by atoms with Gasteiger partial charge in [0.05, 0.1) is 0 Å². The molecule has 1 fully saturated rings. The van der Waals surface area contributed by atoms with Gasteiger partial charge in [-0.1, -0.05) is 6.92 Å². The van der Waals surface area contributed by atoms with E-state index in [1.54, 1.807) is 6.07 Å². The van der Waals surface area contributed by atoms with Gasteiger partial charge in [-0.05, 0) is 39.4 Å². The highest BCUT2D eigenvalue weighted by molar-refractivity contribution is 5.95. The maximum Gasteiger partial charge on any atom is 0.254 e. The van der Waals surface area contributed by atoms with Crippen molar-refractivity contribution < 1.29 is 4.79 Å². The minimum absolute atomic E-state index is 0.0000707. The van der Waals surface area contributed by atoms with Crippen LogP contribution in [0.5, 0.6) is 0 Å². The minimum atomic E-state index is 0.0000707. The van der Waals surface area contributed by atoms with Crippen molar-refractivity contribution in [3.8, 4) is 0 Å². The van der Waals surface area contributed by atoms with E-state index in [2.05, 4.69) is 30.8 Å². The van der Waals surface area contributed by atoms with Crippen molar-refractivity contribution in [1.82, 2.24) is 14.8 Å². The SMILES string of the molecule is CCc1cc(C(=O)N2CCN(C)C(C)(C)C2)cc(N)n1. The second-order valence-electron chi connectivity index (χ2n) is 6.09. The summed E-state index contributed by atoms with van der Waals surface area (Å²) in [4.78, 5) is 21.1. The average molecular weight is 276 g/mol. The molecule has 5 heteroatoms. The second kappa shape index (κ2) is 5.40. The Morgan fingerprint density at radius 1 is 1.40 bits per heavy atom. The van der Waals surface area contributed by atoms with Crippen LogP contribution < -0.4 is 5.73 Å². The summed E-state index contributed by atoms with van der Waals surface area (Å²) in [5.41, 5.74) is 7.30. The first kappa shape index (κ1) is 14.8. The Balaban J connectivity index is 2.21. The number of aromatic nitrogens is 1. The van der Waals surface area contributed by atoms with E-state index in [9.17, 15) is 4.79 Å². The third-order valence-electron chi connectivity index (χ3n) is 4.11. The third-order valence-corrected chi connectivity index (χ3v) is 4.11. The smallest absolute Gasteiger partial charge is 0.254 e. The number of pyridine rings is 1. The molecule has 1 saturated heterocycles. The fourth-order valence-electron chi connectivity index (χ4n) is 2.51. The topological polar surface area (TPSA) is 62.5 Å². The van der Waals surface area contributed by atoms with Crippen LogP contribution in [-0.2, 0) is 6.42 Å². The number of likely N-dealkylation sites (N-methyl/N-ethyl adjacent to an activating group) is 1. The van der Waals surface area contributed by atoms with E-state index in [4.69, 9.17) is 5.73 Å². The number of amides is 1. The normalized spacial score (nSPS) is 19.1. The van der Waals surface area contributed by atoms with Crippen molar-refractivity contribution in [3.63, 3.8) is 0 Å². The number of nitrogens with two attached hydrogens (primary N) is 1. The molecule has 0 radical (unpaired) electrons. The van der Waals surface area contributed by atoms with Crippen LogP contribution in [0.3, 0.4) is 0 Å². The van der Waals surface area contributed by atoms with Gasteiger partial charge in [0.1, 0.15) is 5.82 Å². The van der Waals surface area contributed by atoms with Crippen LogP contribution in [0.15, 0.2) is 12.1 Å². The molecule has 110 valence electrons. The number of nitrogen functional groups attached to an aromatic ring is 1. The Labute approximate surface area is 120 Å². The van der Waals surface area contributed by atoms with E-state index in [0.717, 1.165) is 31.7 Å². The van der Waals surface area contributed by atoms with Crippen LogP contribution in [-0.4, -0.2) is 52.9 Å². The van der Waals surface area contributed by atoms with Crippen LogP contribution in [0.2, 0.25) is 0 Å². The molecule has 5 nitrogen and oxygen atoms in total. The molecule has 0 atom stereocenters. The second-order valence-corrected chi connectivity index (χ2v) is 6.09. The predicted molar refractivity (Wildman–Crippen MR) is 80.6 cm³/mol. The van der Waals surface area contributed by atoms with Crippen LogP contribution in [0.1, 0.15) is 36.8 Å². The highest BCUT2D eigenvalue weighted by atomic mass is 16.2. The van der Waals surface area contributed by atoms with Gasteiger partial charge in [0.15, 0.2) is 0 Å². The van der Waals surface area contributed by atoms with Crippen molar-refractivity contribution in [2.75, 3.05) is 32.4 Å². The molecule has 0 spiro atoms. The van der Waals surface area contributed by atoms with Gasteiger partial charge in [0, 0.05) is 36.4 Å². The highest BCUT2D eigenvalue weighted by Gasteiger charge is 2.33. The molecule has 2 rings (SSSR count). The van der Waals surface area contributed by atoms with Gasteiger partial charge in [0.2, 0.25) is 0 Å². The number of aryl methyl sites for hydroxylation is 1. The molecule has 1 aromatic heterocycles. The Bertz CT molecular complexity index is 513. The number of piperazine rings is 1. The van der Waals surface area contributed by atoms with Gasteiger partial charge in [-0.15, -0.1) is 0 Å². The molecule has 1 aliphatic rings. The maximum absolute atomic E-state index is 12.6. The van der Waals surface area contributed by atoms with E-state index in [1.807, 2.05) is 17.9 Å². The number of carbonyl (C=O) groups excluding carboxylic acids is 1. The van der Waals surface area contributed by atoms with E-state index in [-0.39, 0.29) is 11.4 Å². The molecular weight excluding hydrogens is 252 g/mol. The first-order chi connectivity index (χ1) is 9.33. The molecular formula is C15H24N4O. The van der Waals surface area contributed by atoms with Crippen LogP contribution in [0.4, 0.5) is 5.82 Å². The number of hydrogen-bond donors (Lipinski definition) is 1. The summed E-state index contributed by atoms with van der Waals surface area (Å²) in [6, 6.07) is 3.52. The van der Waals surface area contributed by atoms with Crippen molar-refractivity contribution >= 4 is 11.7 Å². The third kappa shape index (κ3) is 2.93. The molecule has 2 heterocycles. The van der Waals surface area contributed by atoms with Gasteiger partial charge in [0.25, 0.3) is 5.91 Å². The van der Waals surface area contributed by atoms with Crippen LogP contribution in [0.25, 0.3) is 0 Å². The summed E-state index contributed by atoms with van der Waals surface area (Å²) >= 11 is 0. The van der Waals surface area contributed by atoms with E-state index < -0.39 is 0 Å². The zero-order valence-corrected chi connectivity index (χ0v) is 12.8. The van der Waals surface area contributed by atoms with E-state index >= 15 is 0 Å². The van der Waals surface area contributed by atoms with Gasteiger partial charge in [-0.25, -0.2) is 4.98 Å². The summed E-state index contributed by atoms with van der Waals surface area (Å²) in [6.07, 6.45) is 0.777. The molecule has 0 saturated carbocycles. The number of anilines is 1. The Morgan fingerprint density at radius 2 is 2.10 bits per heavy atom. The van der Waals surface area contributed by atoms with Crippen LogP contribution >= 0.6 is 0 Å². The summed E-state index contributed by atoms with van der Waals surface area (Å²) in [5.74, 6) is 0.469. The first-order valence-corrected chi connectivity index (χ1v) is 7.10. The van der Waals surface area contributed by atoms with Crippen molar-refractivity contribution in [1.29, 1.82) is 0 Å². The highest BCUT2D eigenvalue weighted by Crippen LogP contribution is 2.21. The zero-order valence-electron chi connectivity index (χ0n) is 12.8. The summed E-state index contributed by atoms with van der Waals surface area (Å²) in [6.45, 7) is 8.69. The molecule has 2 N–H and O–H groups in total. The van der Waals surface area contributed by atoms with Crippen LogP contribution in [0, 0.1) is 0 Å². The molecule has 0 unspecified atom stereocenters. The summed E-state index contributed by atoms with van der Waals surface area (Å²) in [7, 11) is 2.10. The molecule has 20 heavy (non-hydrogen) atoms. The lowest BCUT2D eigenvalue weighted by Gasteiger charge is -2.45. The lowest BCUT2D eigenvalue weighted by atomic mass is 9.99. The Morgan fingerprint density at radius 3 is 2.70 bits per heavy atom. The van der Waals surface area contributed by atoms with Crippen molar-refractivity contribution in [3.05, 3.63) is 23.4 Å². The first-order valence-electron chi connectivity index (χ1n) is 7.10. The van der Waals surface area contributed by atoms with Crippen molar-refractivity contribution in [2.45, 2.75) is 32.7 Å². The molecule has 1 amide bonds. The quantitative estimate of drug-likeness (QED) is 0.886. The summed E-state index contributed by atoms with van der Waals surface area (Å²) < 4.78 is 0. The number of rotatable bonds is 2. The number of nitrogens with zero attached hydrogens (tertiary/aromatic N) is 3. The molecule has 1 aliphatic heterocycles. The van der Waals surface area contributed by atoms with Gasteiger partial charge < -0.3 is 10.6 Å². The number of carbonyl (C=O) groups is 1. The van der Waals surface area contributed by atoms with E-state index in [1.165, 1.54) is 0 Å². The fourth-order valence-corrected chi connectivity index (χ4v) is 2.51. The lowest BCUT2D eigenvalue weighted by molar-refractivity contribution is 0.0311. The standard InChI is InChI=1S/C15H24N4O/c1-5-12-8-11(9-13(16)17-12)14(20)19-7-6-18(4)15(2,3)10-19/h8-9H,5-7,10H2,1-4H3,(H2,16,17). The molecule has 0 aliphatic carbocycles.